The lowest BCUT2D eigenvalue weighted by Crippen LogP contribution is -2.37. The predicted molar refractivity (Wildman–Crippen MR) is 121 cm³/mol. The van der Waals surface area contributed by atoms with Gasteiger partial charge >= 0.3 is 0 Å². The van der Waals surface area contributed by atoms with Crippen LogP contribution in [-0.2, 0) is 4.79 Å². The molecule has 1 fully saturated rings. The minimum atomic E-state index is -0.367. The van der Waals surface area contributed by atoms with Gasteiger partial charge < -0.3 is 19.7 Å². The van der Waals surface area contributed by atoms with E-state index >= 15 is 0 Å². The van der Waals surface area contributed by atoms with E-state index in [0.717, 1.165) is 11.1 Å². The molecular formula is C25H32N2O4. The largest absolute Gasteiger partial charge is 0.493 e. The van der Waals surface area contributed by atoms with Gasteiger partial charge in [0.05, 0.1) is 20.1 Å². The van der Waals surface area contributed by atoms with Crippen molar-refractivity contribution in [3.63, 3.8) is 0 Å². The number of para-hydroxylation sites is 1. The van der Waals surface area contributed by atoms with Crippen molar-refractivity contribution in [2.75, 3.05) is 33.9 Å². The van der Waals surface area contributed by atoms with Gasteiger partial charge in [0.1, 0.15) is 0 Å². The normalized spacial score (nSPS) is 18.2. The van der Waals surface area contributed by atoms with Crippen LogP contribution in [0.2, 0.25) is 0 Å². The van der Waals surface area contributed by atoms with Crippen LogP contribution in [0.15, 0.2) is 42.5 Å². The van der Waals surface area contributed by atoms with Gasteiger partial charge in [-0.1, -0.05) is 43.7 Å². The minimum absolute atomic E-state index is 0.0391. The number of aryl methyl sites for hydroxylation is 1. The van der Waals surface area contributed by atoms with Crippen molar-refractivity contribution in [2.45, 2.75) is 26.7 Å². The van der Waals surface area contributed by atoms with E-state index in [9.17, 15) is 9.59 Å². The first kappa shape index (κ1) is 22.7. The highest BCUT2D eigenvalue weighted by Gasteiger charge is 2.42. The highest BCUT2D eigenvalue weighted by atomic mass is 16.5. The van der Waals surface area contributed by atoms with Gasteiger partial charge in [0, 0.05) is 36.7 Å². The van der Waals surface area contributed by atoms with Gasteiger partial charge in [0.2, 0.25) is 5.91 Å². The van der Waals surface area contributed by atoms with Crippen molar-refractivity contribution >= 4 is 11.8 Å². The van der Waals surface area contributed by atoms with Gasteiger partial charge in [-0.05, 0) is 31.0 Å². The number of nitrogens with one attached hydrogen (secondary N) is 1. The number of likely N-dealkylation sites (tertiary alicyclic amines) is 1. The summed E-state index contributed by atoms with van der Waals surface area (Å²) in [5.41, 5.74) is 2.61. The van der Waals surface area contributed by atoms with Gasteiger partial charge in [-0.2, -0.15) is 0 Å². The smallest absolute Gasteiger partial charge is 0.253 e. The number of benzene rings is 2. The third-order valence-corrected chi connectivity index (χ3v) is 5.76. The molecule has 0 aliphatic carbocycles. The molecule has 0 bridgehead atoms. The Labute approximate surface area is 184 Å². The van der Waals surface area contributed by atoms with Crippen LogP contribution in [0.4, 0.5) is 0 Å². The Morgan fingerprint density at radius 3 is 2.39 bits per heavy atom. The maximum Gasteiger partial charge on any atom is 0.253 e. The highest BCUT2D eigenvalue weighted by Crippen LogP contribution is 2.42. The van der Waals surface area contributed by atoms with Gasteiger partial charge in [0.25, 0.3) is 5.91 Å². The summed E-state index contributed by atoms with van der Waals surface area (Å²) in [5, 5.41) is 3.05. The molecule has 0 radical (unpaired) electrons. The monoisotopic (exact) mass is 424 g/mol. The fourth-order valence-electron chi connectivity index (χ4n) is 4.07. The van der Waals surface area contributed by atoms with Crippen LogP contribution in [0.25, 0.3) is 0 Å². The molecule has 2 atom stereocenters. The van der Waals surface area contributed by atoms with Gasteiger partial charge in [0.15, 0.2) is 11.5 Å². The maximum absolute atomic E-state index is 13.2. The Hall–Kier alpha value is -3.02. The van der Waals surface area contributed by atoms with E-state index in [-0.39, 0.29) is 23.7 Å². The fourth-order valence-corrected chi connectivity index (χ4v) is 4.07. The Bertz CT molecular complexity index is 924. The summed E-state index contributed by atoms with van der Waals surface area (Å²) in [5.74, 6) is 0.918. The Balaban J connectivity index is 1.93. The summed E-state index contributed by atoms with van der Waals surface area (Å²) in [6, 6.07) is 13.2. The molecule has 166 valence electrons. The van der Waals surface area contributed by atoms with Crippen LogP contribution in [-0.4, -0.2) is 50.6 Å². The molecule has 6 nitrogen and oxygen atoms in total. The molecule has 0 spiro atoms. The number of methoxy groups -OCH3 is 2. The van der Waals surface area contributed by atoms with Crippen LogP contribution in [0, 0.1) is 18.8 Å². The molecule has 2 unspecified atom stereocenters. The summed E-state index contributed by atoms with van der Waals surface area (Å²) in [6.45, 7) is 7.51. The summed E-state index contributed by atoms with van der Waals surface area (Å²) < 4.78 is 11.1. The molecule has 2 aromatic carbocycles. The third kappa shape index (κ3) is 5.01. The Morgan fingerprint density at radius 2 is 1.77 bits per heavy atom. The number of hydrogen-bond donors (Lipinski definition) is 1. The number of nitrogens with zero attached hydrogens (tertiary/aromatic N) is 1. The zero-order valence-corrected chi connectivity index (χ0v) is 19.0. The Morgan fingerprint density at radius 1 is 1.06 bits per heavy atom. The molecular weight excluding hydrogens is 392 g/mol. The second kappa shape index (κ2) is 9.86. The molecule has 1 N–H and O–H groups in total. The van der Waals surface area contributed by atoms with Crippen molar-refractivity contribution in [1.29, 1.82) is 0 Å². The van der Waals surface area contributed by atoms with Crippen molar-refractivity contribution in [2.24, 2.45) is 11.8 Å². The first-order chi connectivity index (χ1) is 14.8. The number of carbonyl (C=O) groups excluding carboxylic acids is 2. The lowest BCUT2D eigenvalue weighted by Gasteiger charge is -2.22. The second-order valence-electron chi connectivity index (χ2n) is 8.51. The van der Waals surface area contributed by atoms with E-state index in [0.29, 0.717) is 42.6 Å². The summed E-state index contributed by atoms with van der Waals surface area (Å²) in [6.07, 6.45) is 0. The average molecular weight is 425 g/mol. The van der Waals surface area contributed by atoms with E-state index in [4.69, 9.17) is 9.47 Å². The molecule has 3 rings (SSSR count). The van der Waals surface area contributed by atoms with E-state index in [1.165, 1.54) is 0 Å². The molecule has 1 saturated heterocycles. The van der Waals surface area contributed by atoms with Crippen molar-refractivity contribution in [1.82, 2.24) is 10.2 Å². The van der Waals surface area contributed by atoms with Gasteiger partial charge in [-0.15, -0.1) is 0 Å². The minimum Gasteiger partial charge on any atom is -0.493 e. The molecule has 31 heavy (non-hydrogen) atoms. The first-order valence-corrected chi connectivity index (χ1v) is 10.7. The van der Waals surface area contributed by atoms with Gasteiger partial charge in [-0.3, -0.25) is 9.59 Å². The number of ether oxygens (including phenoxy) is 2. The summed E-state index contributed by atoms with van der Waals surface area (Å²) >= 11 is 0. The second-order valence-corrected chi connectivity index (χ2v) is 8.51. The van der Waals surface area contributed by atoms with Crippen LogP contribution in [0.3, 0.4) is 0 Å². The molecule has 1 aliphatic heterocycles. The maximum atomic E-state index is 13.2. The molecule has 2 amide bonds. The standard InChI is InChI=1S/C25H32N2O4/c1-16(2)13-26-24(28)21-15-27(25(29)18-11-9-17(3)10-12-18)14-20(21)19-7-6-8-22(30-4)23(19)31-5/h6-12,16,20-21H,13-15H2,1-5H3,(H,26,28). The van der Waals surface area contributed by atoms with Crippen molar-refractivity contribution in [3.8, 4) is 11.5 Å². The van der Waals surface area contributed by atoms with E-state index < -0.39 is 0 Å². The number of hydrogen-bond acceptors (Lipinski definition) is 4. The van der Waals surface area contributed by atoms with Crippen LogP contribution < -0.4 is 14.8 Å². The molecule has 2 aromatic rings. The van der Waals surface area contributed by atoms with Crippen molar-refractivity contribution in [3.05, 3.63) is 59.2 Å². The molecule has 0 aromatic heterocycles. The van der Waals surface area contributed by atoms with Gasteiger partial charge in [-0.25, -0.2) is 0 Å². The lowest BCUT2D eigenvalue weighted by molar-refractivity contribution is -0.125. The third-order valence-electron chi connectivity index (χ3n) is 5.76. The molecule has 6 heteroatoms. The number of carbonyl (C=O) groups is 2. The average Bonchev–Trinajstić information content (AvgIpc) is 3.22. The van der Waals surface area contributed by atoms with E-state index in [1.807, 2.05) is 49.4 Å². The SMILES string of the molecule is COc1cccc(C2CN(C(=O)c3ccc(C)cc3)CC2C(=O)NCC(C)C)c1OC. The zero-order chi connectivity index (χ0) is 22.5. The predicted octanol–water partition coefficient (Wildman–Crippen LogP) is 3.64. The number of rotatable bonds is 7. The van der Waals surface area contributed by atoms with Crippen LogP contribution in [0.1, 0.15) is 41.3 Å². The highest BCUT2D eigenvalue weighted by molar-refractivity contribution is 5.95. The molecule has 1 aliphatic rings. The summed E-state index contributed by atoms with van der Waals surface area (Å²) in [4.78, 5) is 28.1. The molecule has 0 saturated carbocycles. The first-order valence-electron chi connectivity index (χ1n) is 10.7. The lowest BCUT2D eigenvalue weighted by atomic mass is 9.87. The zero-order valence-electron chi connectivity index (χ0n) is 19.0. The Kier molecular flexibility index (Phi) is 7.21. The molecule has 1 heterocycles. The summed E-state index contributed by atoms with van der Waals surface area (Å²) in [7, 11) is 3.19. The number of amides is 2. The van der Waals surface area contributed by atoms with Crippen LogP contribution in [0.5, 0.6) is 11.5 Å². The van der Waals surface area contributed by atoms with E-state index in [2.05, 4.69) is 19.2 Å². The fraction of sp³-hybridized carbons (Fsp3) is 0.440. The van der Waals surface area contributed by atoms with Crippen LogP contribution >= 0.6 is 0 Å². The topological polar surface area (TPSA) is 67.9 Å². The quantitative estimate of drug-likeness (QED) is 0.737. The van der Waals surface area contributed by atoms with Crippen molar-refractivity contribution < 1.29 is 19.1 Å². The van der Waals surface area contributed by atoms with E-state index in [1.54, 1.807) is 19.1 Å².